The molecule has 1 aliphatic rings. The Kier molecular flexibility index (Phi) is 3.47. The number of hydrogen-bond donors (Lipinski definition) is 1. The molecule has 0 saturated carbocycles. The van der Waals surface area contributed by atoms with Gasteiger partial charge >= 0.3 is 0 Å². The highest BCUT2D eigenvalue weighted by Gasteiger charge is 2.21. The molecule has 1 aromatic carbocycles. The van der Waals surface area contributed by atoms with Gasteiger partial charge in [0.25, 0.3) is 0 Å². The first-order valence-electron chi connectivity index (χ1n) is 6.80. The zero-order valence-corrected chi connectivity index (χ0v) is 10.9. The van der Waals surface area contributed by atoms with Crippen molar-refractivity contribution in [1.82, 2.24) is 4.98 Å². The van der Waals surface area contributed by atoms with E-state index in [0.29, 0.717) is 0 Å². The molecule has 1 aliphatic heterocycles. The number of rotatable bonds is 2. The SMILES string of the molecule is NC1CCCCN1c1ccccc1-c1[c]nccc1. The molecule has 19 heavy (non-hydrogen) atoms. The Bertz CT molecular complexity index is 539. The minimum atomic E-state index is 0.117. The topological polar surface area (TPSA) is 42.1 Å². The van der Waals surface area contributed by atoms with Gasteiger partial charge in [0, 0.05) is 29.6 Å². The van der Waals surface area contributed by atoms with Gasteiger partial charge in [0.15, 0.2) is 0 Å². The fourth-order valence-electron chi connectivity index (χ4n) is 2.68. The number of nitrogens with zero attached hydrogens (tertiary/aromatic N) is 2. The molecule has 1 saturated heterocycles. The van der Waals surface area contributed by atoms with Crippen molar-refractivity contribution in [3.05, 3.63) is 48.8 Å². The molecule has 1 fully saturated rings. The molecule has 1 unspecified atom stereocenters. The predicted octanol–water partition coefficient (Wildman–Crippen LogP) is 2.82. The van der Waals surface area contributed by atoms with Crippen molar-refractivity contribution in [1.29, 1.82) is 0 Å². The molecule has 3 heteroatoms. The van der Waals surface area contributed by atoms with E-state index in [9.17, 15) is 0 Å². The molecule has 2 heterocycles. The van der Waals surface area contributed by atoms with Gasteiger partial charge < -0.3 is 10.6 Å². The zero-order chi connectivity index (χ0) is 13.1. The Morgan fingerprint density at radius 3 is 2.84 bits per heavy atom. The third-order valence-electron chi connectivity index (χ3n) is 3.66. The normalized spacial score (nSPS) is 19.4. The molecule has 0 bridgehead atoms. The van der Waals surface area contributed by atoms with Crippen LogP contribution in [0.15, 0.2) is 42.6 Å². The summed E-state index contributed by atoms with van der Waals surface area (Å²) < 4.78 is 0. The Balaban J connectivity index is 2.02. The first kappa shape index (κ1) is 12.2. The number of piperidine rings is 1. The zero-order valence-electron chi connectivity index (χ0n) is 10.9. The van der Waals surface area contributed by atoms with Crippen LogP contribution in [0.4, 0.5) is 5.69 Å². The van der Waals surface area contributed by atoms with Crippen LogP contribution in [-0.2, 0) is 0 Å². The minimum Gasteiger partial charge on any atom is -0.356 e. The van der Waals surface area contributed by atoms with Crippen molar-refractivity contribution in [2.45, 2.75) is 25.4 Å². The highest BCUT2D eigenvalue weighted by Crippen LogP contribution is 2.32. The minimum absolute atomic E-state index is 0.117. The van der Waals surface area contributed by atoms with Crippen molar-refractivity contribution in [3.63, 3.8) is 0 Å². The molecule has 97 valence electrons. The second-order valence-corrected chi connectivity index (χ2v) is 4.94. The Morgan fingerprint density at radius 2 is 2.05 bits per heavy atom. The molecule has 0 aliphatic carbocycles. The van der Waals surface area contributed by atoms with Crippen molar-refractivity contribution in [2.24, 2.45) is 5.73 Å². The van der Waals surface area contributed by atoms with Crippen LogP contribution < -0.4 is 10.6 Å². The highest BCUT2D eigenvalue weighted by atomic mass is 15.2. The second-order valence-electron chi connectivity index (χ2n) is 4.94. The smallest absolute Gasteiger partial charge is 0.0971 e. The maximum Gasteiger partial charge on any atom is 0.0971 e. The van der Waals surface area contributed by atoms with E-state index in [0.717, 1.165) is 24.1 Å². The van der Waals surface area contributed by atoms with Crippen LogP contribution in [0.2, 0.25) is 0 Å². The molecular weight excluding hydrogens is 234 g/mol. The molecule has 1 aromatic heterocycles. The second kappa shape index (κ2) is 5.41. The standard InChI is InChI=1S/C16H18N3/c17-16-9-3-4-11-19(16)15-8-2-1-7-14(15)13-6-5-10-18-12-13/h1-2,5-8,10,16H,3-4,9,11,17H2. The number of aromatic nitrogens is 1. The molecular formula is C16H18N3. The lowest BCUT2D eigenvalue weighted by Crippen LogP contribution is -2.45. The summed E-state index contributed by atoms with van der Waals surface area (Å²) in [5.74, 6) is 0. The summed E-state index contributed by atoms with van der Waals surface area (Å²) in [5.41, 5.74) is 9.64. The summed E-state index contributed by atoms with van der Waals surface area (Å²) in [5, 5.41) is 0. The third-order valence-corrected chi connectivity index (χ3v) is 3.66. The van der Waals surface area contributed by atoms with E-state index in [2.05, 4.69) is 40.3 Å². The van der Waals surface area contributed by atoms with Crippen molar-refractivity contribution in [3.8, 4) is 11.1 Å². The summed E-state index contributed by atoms with van der Waals surface area (Å²) in [6.07, 6.45) is 8.42. The molecule has 3 nitrogen and oxygen atoms in total. The summed E-state index contributed by atoms with van der Waals surface area (Å²) in [6.45, 7) is 1.03. The Hall–Kier alpha value is -1.87. The number of hydrogen-bond acceptors (Lipinski definition) is 3. The first-order chi connectivity index (χ1) is 9.36. The van der Waals surface area contributed by atoms with Gasteiger partial charge in [-0.3, -0.25) is 4.98 Å². The van der Waals surface area contributed by atoms with Gasteiger partial charge in [-0.1, -0.05) is 24.3 Å². The average molecular weight is 252 g/mol. The van der Waals surface area contributed by atoms with E-state index in [1.54, 1.807) is 6.20 Å². The van der Waals surface area contributed by atoms with Crippen LogP contribution in [0, 0.1) is 6.20 Å². The number of benzene rings is 1. The van der Waals surface area contributed by atoms with Crippen LogP contribution in [0.25, 0.3) is 11.1 Å². The number of para-hydroxylation sites is 1. The summed E-state index contributed by atoms with van der Waals surface area (Å²) in [4.78, 5) is 6.40. The van der Waals surface area contributed by atoms with E-state index >= 15 is 0 Å². The number of nitrogens with two attached hydrogens (primary N) is 1. The van der Waals surface area contributed by atoms with Crippen LogP contribution in [0.5, 0.6) is 0 Å². The molecule has 1 atom stereocenters. The van der Waals surface area contributed by atoms with E-state index in [4.69, 9.17) is 5.73 Å². The van der Waals surface area contributed by atoms with Crippen molar-refractivity contribution >= 4 is 5.69 Å². The van der Waals surface area contributed by atoms with Crippen molar-refractivity contribution < 1.29 is 0 Å². The molecule has 0 amide bonds. The maximum absolute atomic E-state index is 6.26. The average Bonchev–Trinajstić information content (AvgIpc) is 2.49. The van der Waals surface area contributed by atoms with Crippen LogP contribution in [0.3, 0.4) is 0 Å². The van der Waals surface area contributed by atoms with Crippen molar-refractivity contribution in [2.75, 3.05) is 11.4 Å². The molecule has 0 spiro atoms. The molecule has 3 rings (SSSR count). The van der Waals surface area contributed by atoms with Crippen LogP contribution in [0.1, 0.15) is 19.3 Å². The monoisotopic (exact) mass is 252 g/mol. The largest absolute Gasteiger partial charge is 0.356 e. The Morgan fingerprint density at radius 1 is 1.16 bits per heavy atom. The Labute approximate surface area is 114 Å². The maximum atomic E-state index is 6.26. The lowest BCUT2D eigenvalue weighted by Gasteiger charge is -2.36. The summed E-state index contributed by atoms with van der Waals surface area (Å²) >= 11 is 0. The van der Waals surface area contributed by atoms with Gasteiger partial charge in [0.2, 0.25) is 0 Å². The lowest BCUT2D eigenvalue weighted by atomic mass is 10.0. The number of pyridine rings is 1. The highest BCUT2D eigenvalue weighted by molar-refractivity contribution is 5.78. The van der Waals surface area contributed by atoms with E-state index in [1.807, 2.05) is 12.1 Å². The van der Waals surface area contributed by atoms with Crippen LogP contribution >= 0.6 is 0 Å². The first-order valence-corrected chi connectivity index (χ1v) is 6.80. The fraction of sp³-hybridized carbons (Fsp3) is 0.312. The van der Waals surface area contributed by atoms with Gasteiger partial charge in [-0.2, -0.15) is 0 Å². The van der Waals surface area contributed by atoms with Gasteiger partial charge in [-0.15, -0.1) is 0 Å². The van der Waals surface area contributed by atoms with E-state index in [1.165, 1.54) is 18.5 Å². The molecule has 2 aromatic rings. The van der Waals surface area contributed by atoms with Gasteiger partial charge in [-0.25, -0.2) is 0 Å². The lowest BCUT2D eigenvalue weighted by molar-refractivity contribution is 0.470. The quantitative estimate of drug-likeness (QED) is 0.893. The molecule has 2 N–H and O–H groups in total. The van der Waals surface area contributed by atoms with Gasteiger partial charge in [-0.05, 0) is 31.4 Å². The predicted molar refractivity (Wildman–Crippen MR) is 77.7 cm³/mol. The fourth-order valence-corrected chi connectivity index (χ4v) is 2.68. The van der Waals surface area contributed by atoms with Crippen LogP contribution in [-0.4, -0.2) is 17.7 Å². The number of anilines is 1. The third kappa shape index (κ3) is 2.47. The van der Waals surface area contributed by atoms with E-state index < -0.39 is 0 Å². The molecule has 1 radical (unpaired) electrons. The summed E-state index contributed by atoms with van der Waals surface area (Å²) in [6, 6.07) is 12.4. The summed E-state index contributed by atoms with van der Waals surface area (Å²) in [7, 11) is 0. The van der Waals surface area contributed by atoms with E-state index in [-0.39, 0.29) is 6.17 Å². The van der Waals surface area contributed by atoms with Gasteiger partial charge in [0.05, 0.1) is 12.4 Å². The van der Waals surface area contributed by atoms with Gasteiger partial charge in [0.1, 0.15) is 0 Å².